The number of hydrogen-bond acceptors (Lipinski definition) is 3. The minimum atomic E-state index is -0.250. The highest BCUT2D eigenvalue weighted by Gasteiger charge is 2.22. The summed E-state index contributed by atoms with van der Waals surface area (Å²) in [5, 5.41) is 1.10. The largest absolute Gasteiger partial charge is 0.423 e. The Labute approximate surface area is 153 Å². The van der Waals surface area contributed by atoms with Gasteiger partial charge in [-0.05, 0) is 43.2 Å². The summed E-state index contributed by atoms with van der Waals surface area (Å²) >= 11 is 0. The van der Waals surface area contributed by atoms with Gasteiger partial charge < -0.3 is 14.2 Å². The number of aryl methyl sites for hydroxylation is 2. The number of nitrogens with zero attached hydrogens (tertiary/aromatic N) is 1. The summed E-state index contributed by atoms with van der Waals surface area (Å²) in [5.74, 6) is 0. The van der Waals surface area contributed by atoms with E-state index in [0.717, 1.165) is 49.2 Å². The monoisotopic (exact) mass is 349 g/mol. The summed E-state index contributed by atoms with van der Waals surface area (Å²) in [5.41, 5.74) is 5.17. The fourth-order valence-corrected chi connectivity index (χ4v) is 4.08. The Morgan fingerprint density at radius 2 is 1.77 bits per heavy atom. The van der Waals surface area contributed by atoms with Gasteiger partial charge in [0.05, 0.1) is 26.2 Å². The van der Waals surface area contributed by atoms with Gasteiger partial charge in [0.25, 0.3) is 0 Å². The Bertz CT molecular complexity index is 971. The standard InChI is InChI=1S/C22H24N2O2/c1-16-12-17(2)22-18(14-21(25)26-20(22)13-16)15-23-8-10-24(11-9-23)19-6-4-3-5-7-19/h3-7,12-14H,8-11,15H2,1-2H3/p+1. The minimum absolute atomic E-state index is 0.250. The average molecular weight is 349 g/mol. The Morgan fingerprint density at radius 3 is 2.50 bits per heavy atom. The van der Waals surface area contributed by atoms with Crippen LogP contribution in [0.2, 0.25) is 0 Å². The molecule has 4 nitrogen and oxygen atoms in total. The molecule has 4 rings (SSSR count). The zero-order valence-electron chi connectivity index (χ0n) is 15.4. The van der Waals surface area contributed by atoms with E-state index in [4.69, 9.17) is 4.42 Å². The Hall–Kier alpha value is -2.59. The highest BCUT2D eigenvalue weighted by molar-refractivity contribution is 5.84. The first-order valence-corrected chi connectivity index (χ1v) is 9.28. The molecule has 0 amide bonds. The van der Waals surface area contributed by atoms with Crippen LogP contribution in [0.1, 0.15) is 16.7 Å². The van der Waals surface area contributed by atoms with Crippen LogP contribution in [-0.4, -0.2) is 26.2 Å². The van der Waals surface area contributed by atoms with Gasteiger partial charge in [-0.25, -0.2) is 4.79 Å². The fourth-order valence-electron chi connectivity index (χ4n) is 4.08. The molecule has 1 aliphatic rings. The van der Waals surface area contributed by atoms with Crippen molar-refractivity contribution in [2.45, 2.75) is 20.4 Å². The lowest BCUT2D eigenvalue weighted by atomic mass is 10.0. The van der Waals surface area contributed by atoms with Crippen molar-refractivity contribution in [2.75, 3.05) is 31.1 Å². The van der Waals surface area contributed by atoms with Gasteiger partial charge in [-0.15, -0.1) is 0 Å². The quantitative estimate of drug-likeness (QED) is 0.738. The first-order valence-electron chi connectivity index (χ1n) is 9.28. The Morgan fingerprint density at radius 1 is 1.04 bits per heavy atom. The van der Waals surface area contributed by atoms with Crippen LogP contribution in [0, 0.1) is 13.8 Å². The van der Waals surface area contributed by atoms with Crippen molar-refractivity contribution in [3.8, 4) is 0 Å². The maximum atomic E-state index is 12.0. The molecule has 0 unspecified atom stereocenters. The van der Waals surface area contributed by atoms with Crippen molar-refractivity contribution in [2.24, 2.45) is 0 Å². The summed E-state index contributed by atoms with van der Waals surface area (Å²) in [7, 11) is 0. The van der Waals surface area contributed by atoms with Gasteiger partial charge in [-0.1, -0.05) is 24.3 Å². The Balaban J connectivity index is 1.54. The van der Waals surface area contributed by atoms with Crippen LogP contribution in [-0.2, 0) is 6.54 Å². The molecule has 0 saturated carbocycles. The van der Waals surface area contributed by atoms with Crippen molar-refractivity contribution < 1.29 is 9.32 Å². The molecule has 2 aromatic carbocycles. The normalized spacial score (nSPS) is 15.5. The van der Waals surface area contributed by atoms with Crippen LogP contribution >= 0.6 is 0 Å². The molecule has 134 valence electrons. The predicted molar refractivity (Wildman–Crippen MR) is 105 cm³/mol. The average Bonchev–Trinajstić information content (AvgIpc) is 2.62. The van der Waals surface area contributed by atoms with E-state index >= 15 is 0 Å². The molecule has 4 heteroatoms. The van der Waals surface area contributed by atoms with Crippen molar-refractivity contribution >= 4 is 16.7 Å². The third kappa shape index (κ3) is 3.37. The van der Waals surface area contributed by atoms with Crippen LogP contribution in [0.3, 0.4) is 0 Å². The number of benzene rings is 2. The molecular weight excluding hydrogens is 324 g/mol. The highest BCUT2D eigenvalue weighted by Crippen LogP contribution is 2.22. The predicted octanol–water partition coefficient (Wildman–Crippen LogP) is 2.31. The number of hydrogen-bond donors (Lipinski definition) is 1. The van der Waals surface area contributed by atoms with Gasteiger partial charge in [0, 0.05) is 22.7 Å². The number of quaternary nitrogens is 1. The molecule has 0 bridgehead atoms. The van der Waals surface area contributed by atoms with Crippen molar-refractivity contribution in [3.05, 3.63) is 75.6 Å². The summed E-state index contributed by atoms with van der Waals surface area (Å²) in [6.45, 7) is 9.22. The number of fused-ring (bicyclic) bond motifs is 1. The van der Waals surface area contributed by atoms with Crippen molar-refractivity contribution in [3.63, 3.8) is 0 Å². The lowest BCUT2D eigenvalue weighted by molar-refractivity contribution is -0.914. The maximum absolute atomic E-state index is 12.0. The van der Waals surface area contributed by atoms with Crippen LogP contribution in [0.15, 0.2) is 57.7 Å². The third-order valence-electron chi connectivity index (χ3n) is 5.30. The maximum Gasteiger partial charge on any atom is 0.336 e. The number of nitrogens with one attached hydrogen (secondary N) is 1. The minimum Gasteiger partial charge on any atom is -0.423 e. The molecule has 0 spiro atoms. The number of para-hydroxylation sites is 1. The second kappa shape index (κ2) is 6.96. The summed E-state index contributed by atoms with van der Waals surface area (Å²) in [6, 6.07) is 16.4. The molecule has 0 radical (unpaired) electrons. The van der Waals surface area contributed by atoms with Crippen LogP contribution in [0.25, 0.3) is 11.0 Å². The lowest BCUT2D eigenvalue weighted by Gasteiger charge is -2.33. The number of anilines is 1. The van der Waals surface area contributed by atoms with E-state index in [1.165, 1.54) is 16.2 Å². The molecule has 1 aromatic heterocycles. The van der Waals surface area contributed by atoms with Gasteiger partial charge in [-0.2, -0.15) is 0 Å². The lowest BCUT2D eigenvalue weighted by Crippen LogP contribution is -3.13. The van der Waals surface area contributed by atoms with Gasteiger partial charge in [0.2, 0.25) is 0 Å². The smallest absolute Gasteiger partial charge is 0.336 e. The van der Waals surface area contributed by atoms with E-state index in [1.54, 1.807) is 6.07 Å². The molecule has 3 aromatic rings. The molecule has 1 N–H and O–H groups in total. The van der Waals surface area contributed by atoms with Gasteiger partial charge in [0.15, 0.2) is 0 Å². The number of rotatable bonds is 3. The van der Waals surface area contributed by atoms with E-state index in [0.29, 0.717) is 5.58 Å². The van der Waals surface area contributed by atoms with E-state index in [2.05, 4.69) is 48.2 Å². The summed E-state index contributed by atoms with van der Waals surface area (Å²) < 4.78 is 5.45. The first kappa shape index (κ1) is 16.9. The van der Waals surface area contributed by atoms with Crippen molar-refractivity contribution in [1.29, 1.82) is 0 Å². The molecule has 26 heavy (non-hydrogen) atoms. The van der Waals surface area contributed by atoms with Gasteiger partial charge in [0.1, 0.15) is 12.1 Å². The molecule has 0 atom stereocenters. The van der Waals surface area contributed by atoms with Gasteiger partial charge in [-0.3, -0.25) is 0 Å². The summed E-state index contributed by atoms with van der Waals surface area (Å²) in [6.07, 6.45) is 0. The van der Waals surface area contributed by atoms with E-state index in [1.807, 2.05) is 13.0 Å². The molecular formula is C22H25N2O2+. The van der Waals surface area contributed by atoms with Crippen LogP contribution in [0.4, 0.5) is 5.69 Å². The topological polar surface area (TPSA) is 37.9 Å². The first-order chi connectivity index (χ1) is 12.6. The summed E-state index contributed by atoms with van der Waals surface area (Å²) in [4.78, 5) is 16.0. The van der Waals surface area contributed by atoms with Crippen molar-refractivity contribution in [1.82, 2.24) is 0 Å². The van der Waals surface area contributed by atoms with Crippen LogP contribution in [0.5, 0.6) is 0 Å². The molecule has 0 aliphatic carbocycles. The van der Waals surface area contributed by atoms with Gasteiger partial charge >= 0.3 is 5.63 Å². The Kier molecular flexibility index (Phi) is 4.51. The third-order valence-corrected chi connectivity index (χ3v) is 5.30. The molecule has 1 saturated heterocycles. The fraction of sp³-hybridized carbons (Fsp3) is 0.318. The second-order valence-electron chi connectivity index (χ2n) is 7.30. The molecule has 2 heterocycles. The molecule has 1 aliphatic heterocycles. The highest BCUT2D eigenvalue weighted by atomic mass is 16.4. The van der Waals surface area contributed by atoms with E-state index < -0.39 is 0 Å². The van der Waals surface area contributed by atoms with E-state index in [9.17, 15) is 4.79 Å². The van der Waals surface area contributed by atoms with E-state index in [-0.39, 0.29) is 5.63 Å². The SMILES string of the molecule is Cc1cc(C)c2c(C[NH+]3CCN(c4ccccc4)CC3)cc(=O)oc2c1. The zero-order chi connectivity index (χ0) is 18.1. The zero-order valence-corrected chi connectivity index (χ0v) is 15.4. The van der Waals surface area contributed by atoms with Crippen LogP contribution < -0.4 is 15.4 Å². The molecule has 1 fully saturated rings. The number of piperazine rings is 1. The second-order valence-corrected chi connectivity index (χ2v) is 7.30.